The maximum atomic E-state index is 12.7. The Morgan fingerprint density at radius 3 is 2.83 bits per heavy atom. The molecule has 1 atom stereocenters. The lowest BCUT2D eigenvalue weighted by molar-refractivity contribution is 0.0341. The summed E-state index contributed by atoms with van der Waals surface area (Å²) in [7, 11) is 1.62. The molecule has 6 heteroatoms. The number of morpholine rings is 1. The largest absolute Gasteiger partial charge is 0.451 e. The van der Waals surface area contributed by atoms with E-state index in [0.29, 0.717) is 18.0 Å². The van der Waals surface area contributed by atoms with Gasteiger partial charge in [0.1, 0.15) is 5.58 Å². The summed E-state index contributed by atoms with van der Waals surface area (Å²) in [4.78, 5) is 15.0. The maximum absolute atomic E-state index is 12.7. The van der Waals surface area contributed by atoms with Gasteiger partial charge >= 0.3 is 0 Å². The average Bonchev–Trinajstić information content (AvgIpc) is 2.95. The van der Waals surface area contributed by atoms with Crippen molar-refractivity contribution in [2.24, 2.45) is 0 Å². The molecule has 1 aromatic heterocycles. The van der Waals surface area contributed by atoms with Crippen molar-refractivity contribution in [3.8, 4) is 0 Å². The second-order valence-corrected chi connectivity index (χ2v) is 6.13. The third-order valence-corrected chi connectivity index (χ3v) is 4.21. The normalized spacial score (nSPS) is 17.1. The molecule has 6 nitrogen and oxygen atoms in total. The number of carbonyl (C=O) groups is 1. The first-order valence-corrected chi connectivity index (χ1v) is 8.29. The van der Waals surface area contributed by atoms with Crippen LogP contribution in [0, 0.1) is 0 Å². The Morgan fingerprint density at radius 2 is 2.08 bits per heavy atom. The lowest BCUT2D eigenvalue weighted by Crippen LogP contribution is -2.46. The number of methoxy groups -OCH3 is 1. The van der Waals surface area contributed by atoms with Crippen molar-refractivity contribution in [3.05, 3.63) is 35.6 Å². The Morgan fingerprint density at radius 1 is 1.33 bits per heavy atom. The van der Waals surface area contributed by atoms with E-state index in [9.17, 15) is 4.79 Å². The third kappa shape index (κ3) is 3.77. The highest BCUT2D eigenvalue weighted by molar-refractivity contribution is 5.99. The molecule has 0 saturated carbocycles. The van der Waals surface area contributed by atoms with Crippen molar-refractivity contribution in [3.63, 3.8) is 0 Å². The number of nitrogens with zero attached hydrogens (tertiary/aromatic N) is 1. The molecular formula is C18H24N2O4. The SMILES string of the molecule is COCc1c(C(=O)N[C@@H](C)CN2CCOCC2)oc2ccccc12. The number of ether oxygens (including phenoxy) is 2. The van der Waals surface area contributed by atoms with Gasteiger partial charge in [-0.15, -0.1) is 0 Å². The predicted octanol–water partition coefficient (Wildman–Crippen LogP) is 2.03. The van der Waals surface area contributed by atoms with Crippen molar-refractivity contribution in [1.82, 2.24) is 10.2 Å². The van der Waals surface area contributed by atoms with Crippen LogP contribution in [-0.2, 0) is 16.1 Å². The van der Waals surface area contributed by atoms with Crippen molar-refractivity contribution in [2.75, 3.05) is 40.0 Å². The van der Waals surface area contributed by atoms with Gasteiger partial charge in [-0.1, -0.05) is 18.2 Å². The minimum Gasteiger partial charge on any atom is -0.451 e. The van der Waals surface area contributed by atoms with Crippen LogP contribution in [0.1, 0.15) is 23.0 Å². The van der Waals surface area contributed by atoms with E-state index in [2.05, 4.69) is 10.2 Å². The first-order valence-electron chi connectivity index (χ1n) is 8.29. The summed E-state index contributed by atoms with van der Waals surface area (Å²) in [5.74, 6) is 0.144. The van der Waals surface area contributed by atoms with Gasteiger partial charge < -0.3 is 19.2 Å². The van der Waals surface area contributed by atoms with Gasteiger partial charge in [-0.2, -0.15) is 0 Å². The Kier molecular flexibility index (Phi) is 5.50. The molecule has 0 bridgehead atoms. The van der Waals surface area contributed by atoms with E-state index < -0.39 is 0 Å². The van der Waals surface area contributed by atoms with Crippen LogP contribution in [-0.4, -0.2) is 56.8 Å². The summed E-state index contributed by atoms with van der Waals surface area (Å²) >= 11 is 0. The Hall–Kier alpha value is -1.89. The van der Waals surface area contributed by atoms with Gasteiger partial charge in [0.2, 0.25) is 0 Å². The number of nitrogens with one attached hydrogen (secondary N) is 1. The fourth-order valence-electron chi connectivity index (χ4n) is 3.08. The molecule has 1 aromatic carbocycles. The zero-order valence-electron chi connectivity index (χ0n) is 14.2. The Labute approximate surface area is 141 Å². The Balaban J connectivity index is 1.71. The van der Waals surface area contributed by atoms with Crippen molar-refractivity contribution >= 4 is 16.9 Å². The molecule has 0 radical (unpaired) electrons. The third-order valence-electron chi connectivity index (χ3n) is 4.21. The predicted molar refractivity (Wildman–Crippen MR) is 91.1 cm³/mol. The minimum absolute atomic E-state index is 0.0270. The number of fused-ring (bicyclic) bond motifs is 1. The first-order chi connectivity index (χ1) is 11.7. The van der Waals surface area contributed by atoms with Crippen LogP contribution >= 0.6 is 0 Å². The Bertz CT molecular complexity index is 691. The molecule has 130 valence electrons. The summed E-state index contributed by atoms with van der Waals surface area (Å²) in [5.41, 5.74) is 1.50. The van der Waals surface area contributed by atoms with Crippen molar-refractivity contribution in [2.45, 2.75) is 19.6 Å². The molecule has 0 spiro atoms. The monoisotopic (exact) mass is 332 g/mol. The second kappa shape index (κ2) is 7.79. The molecule has 2 aromatic rings. The van der Waals surface area contributed by atoms with Gasteiger partial charge in [0.05, 0.1) is 19.8 Å². The number of rotatable bonds is 6. The van der Waals surface area contributed by atoms with E-state index >= 15 is 0 Å². The van der Waals surface area contributed by atoms with Crippen LogP contribution in [0.3, 0.4) is 0 Å². The molecule has 1 amide bonds. The first kappa shape index (κ1) is 17.0. The molecule has 2 heterocycles. The van der Waals surface area contributed by atoms with Gasteiger partial charge in [0.25, 0.3) is 5.91 Å². The van der Waals surface area contributed by atoms with Crippen LogP contribution in [0.25, 0.3) is 11.0 Å². The highest BCUT2D eigenvalue weighted by Crippen LogP contribution is 2.26. The van der Waals surface area contributed by atoms with Crippen LogP contribution < -0.4 is 5.32 Å². The van der Waals surface area contributed by atoms with Crippen molar-refractivity contribution < 1.29 is 18.7 Å². The van der Waals surface area contributed by atoms with E-state index in [1.165, 1.54) is 0 Å². The number of furan rings is 1. The molecule has 1 saturated heterocycles. The van der Waals surface area contributed by atoms with Crippen LogP contribution in [0.2, 0.25) is 0 Å². The molecule has 0 aliphatic carbocycles. The summed E-state index contributed by atoms with van der Waals surface area (Å²) in [6.45, 7) is 6.46. The van der Waals surface area contributed by atoms with Gasteiger partial charge in [0.15, 0.2) is 5.76 Å². The van der Waals surface area contributed by atoms with E-state index in [1.54, 1.807) is 7.11 Å². The zero-order chi connectivity index (χ0) is 16.9. The van der Waals surface area contributed by atoms with Crippen LogP contribution in [0.4, 0.5) is 0 Å². The topological polar surface area (TPSA) is 63.9 Å². The van der Waals surface area contributed by atoms with Crippen LogP contribution in [0.15, 0.2) is 28.7 Å². The second-order valence-electron chi connectivity index (χ2n) is 6.13. The summed E-state index contributed by atoms with van der Waals surface area (Å²) in [6.07, 6.45) is 0. The van der Waals surface area contributed by atoms with E-state index in [0.717, 1.165) is 43.8 Å². The van der Waals surface area contributed by atoms with Gasteiger partial charge in [-0.25, -0.2) is 0 Å². The quantitative estimate of drug-likeness (QED) is 0.877. The molecule has 1 N–H and O–H groups in total. The van der Waals surface area contributed by atoms with Gasteiger partial charge in [-0.3, -0.25) is 9.69 Å². The number of hydrogen-bond acceptors (Lipinski definition) is 5. The number of para-hydroxylation sites is 1. The van der Waals surface area contributed by atoms with E-state index in [-0.39, 0.29) is 11.9 Å². The number of carbonyl (C=O) groups excluding carboxylic acids is 1. The lowest BCUT2D eigenvalue weighted by Gasteiger charge is -2.29. The van der Waals surface area contributed by atoms with E-state index in [4.69, 9.17) is 13.9 Å². The molecule has 1 aliphatic heterocycles. The standard InChI is InChI=1S/C18H24N2O4/c1-13(11-20-7-9-23-10-8-20)19-18(21)17-15(12-22-2)14-5-3-4-6-16(14)24-17/h3-6,13H,7-12H2,1-2H3,(H,19,21)/t13-/m0/s1. The van der Waals surface area contributed by atoms with E-state index in [1.807, 2.05) is 31.2 Å². The summed E-state index contributed by atoms with van der Waals surface area (Å²) < 4.78 is 16.4. The molecule has 1 aliphatic rings. The van der Waals surface area contributed by atoms with Gasteiger partial charge in [-0.05, 0) is 13.0 Å². The lowest BCUT2D eigenvalue weighted by atomic mass is 10.1. The summed E-state index contributed by atoms with van der Waals surface area (Å²) in [5, 5.41) is 3.95. The smallest absolute Gasteiger partial charge is 0.287 e. The van der Waals surface area contributed by atoms with Gasteiger partial charge in [0, 0.05) is 43.7 Å². The summed E-state index contributed by atoms with van der Waals surface area (Å²) in [6, 6.07) is 7.66. The fourth-order valence-corrected chi connectivity index (χ4v) is 3.08. The molecule has 0 unspecified atom stereocenters. The van der Waals surface area contributed by atoms with Crippen molar-refractivity contribution in [1.29, 1.82) is 0 Å². The highest BCUT2D eigenvalue weighted by atomic mass is 16.5. The molecule has 24 heavy (non-hydrogen) atoms. The highest BCUT2D eigenvalue weighted by Gasteiger charge is 2.22. The zero-order valence-corrected chi connectivity index (χ0v) is 14.2. The molecule has 3 rings (SSSR count). The maximum Gasteiger partial charge on any atom is 0.287 e. The minimum atomic E-state index is -0.195. The number of benzene rings is 1. The average molecular weight is 332 g/mol. The molecular weight excluding hydrogens is 308 g/mol. The molecule has 1 fully saturated rings. The van der Waals surface area contributed by atoms with Crippen LogP contribution in [0.5, 0.6) is 0 Å². The number of amides is 1. The fraction of sp³-hybridized carbons (Fsp3) is 0.500. The number of hydrogen-bond donors (Lipinski definition) is 1.